The van der Waals surface area contributed by atoms with Gasteiger partial charge in [0.25, 0.3) is 10.1 Å². The Hall–Kier alpha value is -0.0900. The van der Waals surface area contributed by atoms with Crippen molar-refractivity contribution in [2.45, 2.75) is 44.8 Å². The predicted molar refractivity (Wildman–Crippen MR) is 52.0 cm³/mol. The Morgan fingerprint density at radius 2 is 1.77 bits per heavy atom. The molecule has 1 aliphatic rings. The van der Waals surface area contributed by atoms with Crippen LogP contribution in [-0.2, 0) is 14.3 Å². The number of hydrogen-bond acceptors (Lipinski definition) is 3. The quantitative estimate of drug-likeness (QED) is 0.663. The largest absolute Gasteiger partial charge is 0.270 e. The minimum absolute atomic E-state index is 0.247. The molecule has 0 spiro atoms. The summed E-state index contributed by atoms with van der Waals surface area (Å²) >= 11 is 0. The zero-order valence-electron chi connectivity index (χ0n) is 8.32. The van der Waals surface area contributed by atoms with Gasteiger partial charge in [-0.1, -0.05) is 6.92 Å². The van der Waals surface area contributed by atoms with Gasteiger partial charge in [0.2, 0.25) is 0 Å². The molecule has 0 N–H and O–H groups in total. The molecule has 0 saturated heterocycles. The van der Waals surface area contributed by atoms with Crippen LogP contribution < -0.4 is 0 Å². The average Bonchev–Trinajstić information content (AvgIpc) is 2.05. The van der Waals surface area contributed by atoms with Gasteiger partial charge in [-0.2, -0.15) is 8.42 Å². The van der Waals surface area contributed by atoms with Crippen molar-refractivity contribution in [2.75, 3.05) is 6.61 Å². The van der Waals surface area contributed by atoms with E-state index in [1.807, 2.05) is 0 Å². The molecule has 78 valence electrons. The van der Waals surface area contributed by atoms with Crippen molar-refractivity contribution < 1.29 is 12.6 Å². The Kier molecular flexibility index (Phi) is 3.74. The van der Waals surface area contributed by atoms with Crippen molar-refractivity contribution in [1.82, 2.24) is 0 Å². The molecule has 0 aromatic carbocycles. The lowest BCUT2D eigenvalue weighted by Crippen LogP contribution is -2.28. The van der Waals surface area contributed by atoms with Gasteiger partial charge >= 0.3 is 0 Å². The lowest BCUT2D eigenvalue weighted by atomic mass is 9.91. The smallest absolute Gasteiger partial charge is 0.270 e. The van der Waals surface area contributed by atoms with E-state index >= 15 is 0 Å². The maximum absolute atomic E-state index is 11.5. The van der Waals surface area contributed by atoms with Gasteiger partial charge in [0.1, 0.15) is 0 Å². The summed E-state index contributed by atoms with van der Waals surface area (Å²) in [6.45, 7) is 4.14. The molecule has 1 rings (SSSR count). The molecule has 4 heteroatoms. The van der Waals surface area contributed by atoms with Crippen LogP contribution in [0.25, 0.3) is 0 Å². The second kappa shape index (κ2) is 4.42. The van der Waals surface area contributed by atoms with E-state index in [9.17, 15) is 8.42 Å². The fourth-order valence-corrected chi connectivity index (χ4v) is 3.15. The van der Waals surface area contributed by atoms with Crippen molar-refractivity contribution in [2.24, 2.45) is 5.92 Å². The van der Waals surface area contributed by atoms with E-state index in [1.165, 1.54) is 0 Å². The highest BCUT2D eigenvalue weighted by atomic mass is 32.2. The fraction of sp³-hybridized carbons (Fsp3) is 1.00. The summed E-state index contributed by atoms with van der Waals surface area (Å²) < 4.78 is 27.7. The first-order valence-electron chi connectivity index (χ1n) is 4.94. The second-order valence-corrected chi connectivity index (χ2v) is 5.67. The second-order valence-electron chi connectivity index (χ2n) is 3.78. The summed E-state index contributed by atoms with van der Waals surface area (Å²) in [4.78, 5) is 0. The standard InChI is InChI=1S/C9H18O3S/c1-3-12-13(10,11)9-6-4-8(2)5-7-9/h8-9H,3-7H2,1-2H3. The van der Waals surface area contributed by atoms with E-state index in [0.29, 0.717) is 5.92 Å². The SMILES string of the molecule is CCOS(=O)(=O)C1CCC(C)CC1. The molecule has 0 aromatic rings. The van der Waals surface area contributed by atoms with Crippen molar-refractivity contribution in [1.29, 1.82) is 0 Å². The molecule has 0 unspecified atom stereocenters. The van der Waals surface area contributed by atoms with E-state index in [0.717, 1.165) is 25.7 Å². The normalized spacial score (nSPS) is 30.3. The summed E-state index contributed by atoms with van der Waals surface area (Å²) in [5.74, 6) is 0.674. The molecular formula is C9H18O3S. The van der Waals surface area contributed by atoms with Crippen LogP contribution in [0.5, 0.6) is 0 Å². The molecular weight excluding hydrogens is 188 g/mol. The lowest BCUT2D eigenvalue weighted by molar-refractivity contribution is 0.308. The molecule has 0 bridgehead atoms. The van der Waals surface area contributed by atoms with Gasteiger partial charge in [0.05, 0.1) is 11.9 Å². The minimum Gasteiger partial charge on any atom is -0.270 e. The fourth-order valence-electron chi connectivity index (χ4n) is 1.78. The minimum atomic E-state index is -3.26. The molecule has 13 heavy (non-hydrogen) atoms. The molecule has 1 saturated carbocycles. The van der Waals surface area contributed by atoms with Crippen LogP contribution in [-0.4, -0.2) is 20.3 Å². The molecule has 0 atom stereocenters. The van der Waals surface area contributed by atoms with Crippen LogP contribution >= 0.6 is 0 Å². The lowest BCUT2D eigenvalue weighted by Gasteiger charge is -2.25. The zero-order valence-corrected chi connectivity index (χ0v) is 9.14. The number of hydrogen-bond donors (Lipinski definition) is 0. The Morgan fingerprint density at radius 3 is 2.23 bits per heavy atom. The van der Waals surface area contributed by atoms with E-state index in [4.69, 9.17) is 4.18 Å². The van der Waals surface area contributed by atoms with Crippen LogP contribution in [0.1, 0.15) is 39.5 Å². The first-order valence-corrected chi connectivity index (χ1v) is 6.41. The van der Waals surface area contributed by atoms with Crippen LogP contribution in [0.2, 0.25) is 0 Å². The van der Waals surface area contributed by atoms with Crippen LogP contribution in [0.4, 0.5) is 0 Å². The van der Waals surface area contributed by atoms with Gasteiger partial charge in [-0.05, 0) is 38.5 Å². The maximum Gasteiger partial charge on any atom is 0.270 e. The van der Waals surface area contributed by atoms with E-state index in [1.54, 1.807) is 6.92 Å². The summed E-state index contributed by atoms with van der Waals surface area (Å²) in [6.07, 6.45) is 3.56. The first kappa shape index (κ1) is 11.0. The highest BCUT2D eigenvalue weighted by Gasteiger charge is 2.29. The third-order valence-corrected chi connectivity index (χ3v) is 4.51. The monoisotopic (exact) mass is 206 g/mol. The van der Waals surface area contributed by atoms with Crippen molar-refractivity contribution >= 4 is 10.1 Å². The summed E-state index contributed by atoms with van der Waals surface area (Å²) in [5, 5.41) is -0.247. The van der Waals surface area contributed by atoms with Crippen molar-refractivity contribution in [3.63, 3.8) is 0 Å². The number of rotatable bonds is 3. The van der Waals surface area contributed by atoms with E-state index < -0.39 is 10.1 Å². The molecule has 1 aliphatic carbocycles. The van der Waals surface area contributed by atoms with Gasteiger partial charge in [0, 0.05) is 0 Å². The maximum atomic E-state index is 11.5. The molecule has 0 aromatic heterocycles. The van der Waals surface area contributed by atoms with Crippen LogP contribution in [0.15, 0.2) is 0 Å². The summed E-state index contributed by atoms with van der Waals surface area (Å²) in [6, 6.07) is 0. The molecule has 0 radical (unpaired) electrons. The molecule has 1 fully saturated rings. The Balaban J connectivity index is 2.53. The van der Waals surface area contributed by atoms with E-state index in [2.05, 4.69) is 6.92 Å². The Bertz CT molecular complexity index is 238. The highest BCUT2D eigenvalue weighted by Crippen LogP contribution is 2.28. The third kappa shape index (κ3) is 2.95. The van der Waals surface area contributed by atoms with Crippen LogP contribution in [0, 0.1) is 5.92 Å². The van der Waals surface area contributed by atoms with Gasteiger partial charge in [0.15, 0.2) is 0 Å². The van der Waals surface area contributed by atoms with Gasteiger partial charge in [-0.3, -0.25) is 4.18 Å². The Morgan fingerprint density at radius 1 is 1.23 bits per heavy atom. The van der Waals surface area contributed by atoms with Crippen LogP contribution in [0.3, 0.4) is 0 Å². The van der Waals surface area contributed by atoms with Crippen molar-refractivity contribution in [3.8, 4) is 0 Å². The van der Waals surface area contributed by atoms with Gasteiger partial charge in [-0.15, -0.1) is 0 Å². The molecule has 3 nitrogen and oxygen atoms in total. The Labute approximate surface area is 80.6 Å². The molecule has 0 aliphatic heterocycles. The molecule has 0 heterocycles. The van der Waals surface area contributed by atoms with Crippen molar-refractivity contribution in [3.05, 3.63) is 0 Å². The molecule has 0 amide bonds. The summed E-state index contributed by atoms with van der Waals surface area (Å²) in [5.41, 5.74) is 0. The third-order valence-electron chi connectivity index (χ3n) is 2.65. The van der Waals surface area contributed by atoms with Gasteiger partial charge in [-0.25, -0.2) is 0 Å². The zero-order chi connectivity index (χ0) is 9.90. The first-order chi connectivity index (χ1) is 6.06. The predicted octanol–water partition coefficient (Wildman–Crippen LogP) is 1.93. The summed E-state index contributed by atoms with van der Waals surface area (Å²) in [7, 11) is -3.26. The highest BCUT2D eigenvalue weighted by molar-refractivity contribution is 7.87. The average molecular weight is 206 g/mol. The van der Waals surface area contributed by atoms with Gasteiger partial charge < -0.3 is 0 Å². The topological polar surface area (TPSA) is 43.4 Å². The van der Waals surface area contributed by atoms with E-state index in [-0.39, 0.29) is 11.9 Å².